The van der Waals surface area contributed by atoms with Gasteiger partial charge in [-0.25, -0.2) is 14.0 Å². The van der Waals surface area contributed by atoms with E-state index in [2.05, 4.69) is 164 Å². The molecule has 0 saturated heterocycles. The number of rotatable bonds is 5. The summed E-state index contributed by atoms with van der Waals surface area (Å²) in [5, 5.41) is 0. The normalized spacial score (nSPS) is 15.1. The van der Waals surface area contributed by atoms with Crippen LogP contribution in [-0.4, -0.2) is 17.8 Å². The number of pyridine rings is 1. The third-order valence-electron chi connectivity index (χ3n) is 8.72. The molecule has 0 N–H and O–H groups in total. The first-order chi connectivity index (χ1) is 19.2. The number of aromatic nitrogens is 3. The fourth-order valence-corrected chi connectivity index (χ4v) is 6.49. The van der Waals surface area contributed by atoms with E-state index in [0.717, 1.165) is 0 Å². The van der Waals surface area contributed by atoms with Gasteiger partial charge in [0.1, 0.15) is 5.69 Å². The summed E-state index contributed by atoms with van der Waals surface area (Å²) in [7, 11) is 6.59. The molecule has 1 atom stereocenters. The number of para-hydroxylation sites is 5. The predicted molar refractivity (Wildman–Crippen MR) is 166 cm³/mol. The summed E-state index contributed by atoms with van der Waals surface area (Å²) in [6.07, 6.45) is 0.202. The maximum absolute atomic E-state index is 2.52. The number of benzene rings is 3. The highest BCUT2D eigenvalue weighted by Crippen LogP contribution is 2.42. The zero-order valence-electron chi connectivity index (χ0n) is 25.1. The average molecular weight is 532 g/mol. The first-order valence-corrected chi connectivity index (χ1v) is 14.5. The Balaban J connectivity index is 1.67. The van der Waals surface area contributed by atoms with Crippen molar-refractivity contribution < 1.29 is 9.13 Å². The zero-order chi connectivity index (χ0) is 28.3. The van der Waals surface area contributed by atoms with E-state index in [0.29, 0.717) is 11.8 Å². The highest BCUT2D eigenvalue weighted by Gasteiger charge is 2.41. The summed E-state index contributed by atoms with van der Waals surface area (Å²) in [6, 6.07) is 31.0. The van der Waals surface area contributed by atoms with Gasteiger partial charge in [0, 0.05) is 24.2 Å². The lowest BCUT2D eigenvalue weighted by Gasteiger charge is -2.22. The van der Waals surface area contributed by atoms with Gasteiger partial charge in [-0.3, -0.25) is 0 Å². The molecule has 0 aliphatic carbocycles. The lowest BCUT2D eigenvalue weighted by atomic mass is 9.92. The van der Waals surface area contributed by atoms with Crippen molar-refractivity contribution in [3.63, 3.8) is 0 Å². The van der Waals surface area contributed by atoms with Gasteiger partial charge < -0.3 is 4.90 Å². The monoisotopic (exact) mass is 531 g/mol. The smallest absolute Gasteiger partial charge is 0.333 e. The van der Waals surface area contributed by atoms with Crippen LogP contribution < -0.4 is 18.9 Å². The number of nitrogens with zero attached hydrogens (tertiary/aromatic N) is 5. The Morgan fingerprint density at radius 2 is 1.27 bits per heavy atom. The Morgan fingerprint density at radius 3 is 1.95 bits per heavy atom. The molecule has 5 nitrogen and oxygen atoms in total. The molecule has 0 unspecified atom stereocenters. The number of aryl methyl sites for hydroxylation is 1. The number of hydrogen-bond donors (Lipinski definition) is 0. The Labute approximate surface area is 238 Å². The highest BCUT2D eigenvalue weighted by atomic mass is 15.4. The molecule has 0 saturated carbocycles. The van der Waals surface area contributed by atoms with Crippen molar-refractivity contribution in [1.82, 2.24) is 4.57 Å². The van der Waals surface area contributed by atoms with Crippen LogP contribution in [0.1, 0.15) is 57.6 Å². The molecule has 6 rings (SSSR count). The topological polar surface area (TPSA) is 19.2 Å². The first kappa shape index (κ1) is 26.1. The molecule has 2 aromatic heterocycles. The molecule has 1 aliphatic rings. The second kappa shape index (κ2) is 9.81. The molecular formula is C35H41N5+2. The minimum Gasteiger partial charge on any atom is -0.333 e. The van der Waals surface area contributed by atoms with Gasteiger partial charge in [-0.2, -0.15) is 4.57 Å². The maximum atomic E-state index is 2.52. The van der Waals surface area contributed by atoms with E-state index in [9.17, 15) is 0 Å². The lowest BCUT2D eigenvalue weighted by molar-refractivity contribution is -0.672. The SMILES string of the molecule is CC(C)c1cccc(C(C)C)c1-n1c(-c2cccc(N3c4ccccc4N(C)[C@@H]3C)[n+]2C)[n+](C)c2ccccc21. The van der Waals surface area contributed by atoms with Crippen LogP contribution >= 0.6 is 0 Å². The average Bonchev–Trinajstić information content (AvgIpc) is 3.38. The van der Waals surface area contributed by atoms with E-state index >= 15 is 0 Å². The molecular weight excluding hydrogens is 490 g/mol. The fraction of sp³-hybridized carbons (Fsp3) is 0.314. The molecule has 0 radical (unpaired) electrons. The first-order valence-electron chi connectivity index (χ1n) is 14.5. The van der Waals surface area contributed by atoms with Crippen LogP contribution in [0.3, 0.4) is 0 Å². The molecule has 5 heteroatoms. The third kappa shape index (κ3) is 3.82. The van der Waals surface area contributed by atoms with Gasteiger partial charge in [0.25, 0.3) is 5.82 Å². The third-order valence-corrected chi connectivity index (χ3v) is 8.72. The van der Waals surface area contributed by atoms with E-state index in [4.69, 9.17) is 0 Å². The molecule has 0 fully saturated rings. The molecule has 40 heavy (non-hydrogen) atoms. The van der Waals surface area contributed by atoms with Gasteiger partial charge in [-0.1, -0.05) is 70.2 Å². The molecule has 204 valence electrons. The molecule has 3 aromatic carbocycles. The summed E-state index contributed by atoms with van der Waals surface area (Å²) in [5.41, 5.74) is 10.2. The molecule has 0 spiro atoms. The van der Waals surface area contributed by atoms with Crippen LogP contribution in [0, 0.1) is 0 Å². The second-order valence-electron chi connectivity index (χ2n) is 11.7. The Bertz CT molecular complexity index is 1700. The van der Waals surface area contributed by atoms with Crippen molar-refractivity contribution in [2.45, 2.75) is 52.6 Å². The van der Waals surface area contributed by atoms with Crippen LogP contribution in [0.5, 0.6) is 0 Å². The Kier molecular flexibility index (Phi) is 6.41. The van der Waals surface area contributed by atoms with Gasteiger partial charge in [-0.05, 0) is 55.2 Å². The van der Waals surface area contributed by atoms with E-state index in [1.165, 1.54) is 56.6 Å². The number of hydrogen-bond acceptors (Lipinski definition) is 2. The van der Waals surface area contributed by atoms with Gasteiger partial charge in [0.15, 0.2) is 22.9 Å². The fourth-order valence-electron chi connectivity index (χ4n) is 6.49. The van der Waals surface area contributed by atoms with Gasteiger partial charge in [0.2, 0.25) is 5.69 Å². The van der Waals surface area contributed by atoms with Crippen LogP contribution in [0.4, 0.5) is 17.2 Å². The van der Waals surface area contributed by atoms with Crippen molar-refractivity contribution in [2.24, 2.45) is 14.1 Å². The summed E-state index contributed by atoms with van der Waals surface area (Å²) in [5.74, 6) is 3.13. The van der Waals surface area contributed by atoms with Crippen LogP contribution in [0.2, 0.25) is 0 Å². The summed E-state index contributed by atoms with van der Waals surface area (Å²) >= 11 is 0. The summed E-state index contributed by atoms with van der Waals surface area (Å²) < 4.78 is 7.25. The maximum Gasteiger partial charge on any atom is 0.335 e. The molecule has 3 heterocycles. The van der Waals surface area contributed by atoms with E-state index < -0.39 is 0 Å². The van der Waals surface area contributed by atoms with Crippen LogP contribution in [0.25, 0.3) is 28.2 Å². The van der Waals surface area contributed by atoms with Crippen molar-refractivity contribution in [3.8, 4) is 17.2 Å². The Morgan fingerprint density at radius 1 is 0.675 bits per heavy atom. The van der Waals surface area contributed by atoms with Gasteiger partial charge >= 0.3 is 5.82 Å². The van der Waals surface area contributed by atoms with E-state index in [-0.39, 0.29) is 6.17 Å². The summed E-state index contributed by atoms with van der Waals surface area (Å²) in [6.45, 7) is 11.5. The minimum absolute atomic E-state index is 0.202. The van der Waals surface area contributed by atoms with Crippen LogP contribution in [0.15, 0.2) is 84.9 Å². The van der Waals surface area contributed by atoms with Crippen LogP contribution in [-0.2, 0) is 14.1 Å². The van der Waals surface area contributed by atoms with Crippen molar-refractivity contribution in [1.29, 1.82) is 0 Å². The van der Waals surface area contributed by atoms with Crippen molar-refractivity contribution in [3.05, 3.63) is 96.1 Å². The molecule has 1 aliphatic heterocycles. The lowest BCUT2D eigenvalue weighted by Crippen LogP contribution is -2.46. The predicted octanol–water partition coefficient (Wildman–Crippen LogP) is 7.13. The minimum atomic E-state index is 0.202. The Hall–Kier alpha value is -4.12. The number of fused-ring (bicyclic) bond motifs is 2. The second-order valence-corrected chi connectivity index (χ2v) is 11.7. The molecule has 0 bridgehead atoms. The van der Waals surface area contributed by atoms with E-state index in [1.54, 1.807) is 0 Å². The standard InChI is InChI=1S/C35H41N5/c1-23(2)26-15-13-16-27(24(3)4)34(26)40-31-20-12-10-18-29(31)38(8)35(40)32-21-14-22-33(37(32)7)39-25(5)36(6)28-17-9-11-19-30(28)39/h9-25H,1-8H3/q+2/t25-/m0/s1. The quantitative estimate of drug-likeness (QED) is 0.225. The van der Waals surface area contributed by atoms with E-state index in [1.807, 2.05) is 0 Å². The van der Waals surface area contributed by atoms with Crippen molar-refractivity contribution >= 4 is 28.2 Å². The number of anilines is 3. The van der Waals surface area contributed by atoms with Gasteiger partial charge in [0.05, 0.1) is 19.8 Å². The van der Waals surface area contributed by atoms with Crippen molar-refractivity contribution in [2.75, 3.05) is 16.8 Å². The van der Waals surface area contributed by atoms with Gasteiger partial charge in [-0.15, -0.1) is 0 Å². The largest absolute Gasteiger partial charge is 0.335 e. The number of imidazole rings is 1. The zero-order valence-corrected chi connectivity index (χ0v) is 25.1. The molecule has 0 amide bonds. The highest BCUT2D eigenvalue weighted by molar-refractivity contribution is 5.82. The molecule has 5 aromatic rings. The summed E-state index contributed by atoms with van der Waals surface area (Å²) in [4.78, 5) is 4.81.